The Morgan fingerprint density at radius 3 is 2.50 bits per heavy atom. The van der Waals surface area contributed by atoms with Gasteiger partial charge in [0, 0.05) is 11.1 Å². The van der Waals surface area contributed by atoms with Crippen molar-refractivity contribution in [3.8, 4) is 5.75 Å². The SMILES string of the molecule is COc1ccc(C(N)Cc2ccc(C)cc2Cl)cc1C. The molecule has 3 heteroatoms. The highest BCUT2D eigenvalue weighted by Crippen LogP contribution is 2.26. The van der Waals surface area contributed by atoms with Gasteiger partial charge in [-0.25, -0.2) is 0 Å². The summed E-state index contributed by atoms with van der Waals surface area (Å²) in [6.45, 7) is 4.05. The van der Waals surface area contributed by atoms with Gasteiger partial charge >= 0.3 is 0 Å². The fraction of sp³-hybridized carbons (Fsp3) is 0.294. The zero-order valence-corrected chi connectivity index (χ0v) is 12.9. The molecule has 2 rings (SSSR count). The van der Waals surface area contributed by atoms with E-state index in [0.717, 1.165) is 39.4 Å². The van der Waals surface area contributed by atoms with Gasteiger partial charge in [-0.1, -0.05) is 35.9 Å². The molecule has 0 spiro atoms. The van der Waals surface area contributed by atoms with Crippen molar-refractivity contribution in [1.82, 2.24) is 0 Å². The Kier molecular flexibility index (Phi) is 4.69. The Balaban J connectivity index is 2.19. The normalized spacial score (nSPS) is 12.2. The lowest BCUT2D eigenvalue weighted by atomic mass is 9.97. The summed E-state index contributed by atoms with van der Waals surface area (Å²) < 4.78 is 5.27. The Labute approximate surface area is 125 Å². The molecule has 0 bridgehead atoms. The maximum Gasteiger partial charge on any atom is 0.121 e. The first-order valence-electron chi connectivity index (χ1n) is 6.66. The van der Waals surface area contributed by atoms with Crippen LogP contribution in [0.3, 0.4) is 0 Å². The first-order chi connectivity index (χ1) is 9.51. The Hall–Kier alpha value is -1.51. The second kappa shape index (κ2) is 6.29. The van der Waals surface area contributed by atoms with Gasteiger partial charge in [0.2, 0.25) is 0 Å². The third-order valence-corrected chi connectivity index (χ3v) is 3.85. The fourth-order valence-electron chi connectivity index (χ4n) is 2.30. The monoisotopic (exact) mass is 289 g/mol. The number of hydrogen-bond acceptors (Lipinski definition) is 2. The number of nitrogens with two attached hydrogens (primary N) is 1. The molecule has 0 amide bonds. The summed E-state index contributed by atoms with van der Waals surface area (Å²) in [5, 5.41) is 0.783. The van der Waals surface area contributed by atoms with Crippen LogP contribution in [0.25, 0.3) is 0 Å². The Bertz CT molecular complexity index is 610. The number of rotatable bonds is 4. The topological polar surface area (TPSA) is 35.2 Å². The second-order valence-corrected chi connectivity index (χ2v) is 5.54. The van der Waals surface area contributed by atoms with Crippen molar-refractivity contribution >= 4 is 11.6 Å². The molecule has 0 aliphatic carbocycles. The number of benzene rings is 2. The summed E-state index contributed by atoms with van der Waals surface area (Å²) >= 11 is 6.26. The van der Waals surface area contributed by atoms with E-state index in [1.165, 1.54) is 0 Å². The third kappa shape index (κ3) is 3.33. The summed E-state index contributed by atoms with van der Waals surface area (Å²) in [6, 6.07) is 12.1. The minimum Gasteiger partial charge on any atom is -0.496 e. The van der Waals surface area contributed by atoms with Crippen LogP contribution in [-0.2, 0) is 6.42 Å². The first kappa shape index (κ1) is 14.9. The van der Waals surface area contributed by atoms with E-state index in [9.17, 15) is 0 Å². The predicted molar refractivity (Wildman–Crippen MR) is 84.6 cm³/mol. The number of methoxy groups -OCH3 is 1. The van der Waals surface area contributed by atoms with E-state index in [2.05, 4.69) is 12.1 Å². The van der Waals surface area contributed by atoms with Crippen molar-refractivity contribution in [2.24, 2.45) is 5.73 Å². The molecule has 2 nitrogen and oxygen atoms in total. The minimum absolute atomic E-state index is 0.0696. The molecule has 0 aliphatic rings. The van der Waals surface area contributed by atoms with Crippen molar-refractivity contribution in [1.29, 1.82) is 0 Å². The van der Waals surface area contributed by atoms with Crippen molar-refractivity contribution in [3.63, 3.8) is 0 Å². The molecule has 0 saturated heterocycles. The van der Waals surface area contributed by atoms with E-state index in [1.54, 1.807) is 7.11 Å². The smallest absolute Gasteiger partial charge is 0.121 e. The molecule has 0 saturated carbocycles. The molecule has 2 aromatic rings. The molecule has 0 radical (unpaired) electrons. The van der Waals surface area contributed by atoms with Crippen LogP contribution in [-0.4, -0.2) is 7.11 Å². The van der Waals surface area contributed by atoms with E-state index in [1.807, 2.05) is 38.1 Å². The van der Waals surface area contributed by atoms with Crippen LogP contribution in [0.5, 0.6) is 5.75 Å². The minimum atomic E-state index is -0.0696. The van der Waals surface area contributed by atoms with Crippen molar-refractivity contribution in [2.75, 3.05) is 7.11 Å². The molecule has 0 aromatic heterocycles. The fourth-order valence-corrected chi connectivity index (χ4v) is 2.62. The number of ether oxygens (including phenoxy) is 1. The second-order valence-electron chi connectivity index (χ2n) is 5.13. The lowest BCUT2D eigenvalue weighted by Crippen LogP contribution is -2.14. The highest BCUT2D eigenvalue weighted by molar-refractivity contribution is 6.31. The van der Waals surface area contributed by atoms with Crippen molar-refractivity contribution in [3.05, 3.63) is 63.7 Å². The van der Waals surface area contributed by atoms with Crippen LogP contribution in [0.4, 0.5) is 0 Å². The largest absolute Gasteiger partial charge is 0.496 e. The summed E-state index contributed by atoms with van der Waals surface area (Å²) in [5.41, 5.74) is 10.7. The molecule has 1 unspecified atom stereocenters. The summed E-state index contributed by atoms with van der Waals surface area (Å²) in [5.74, 6) is 0.884. The Morgan fingerprint density at radius 2 is 1.90 bits per heavy atom. The average Bonchev–Trinajstić information content (AvgIpc) is 2.41. The Morgan fingerprint density at radius 1 is 1.15 bits per heavy atom. The molecule has 20 heavy (non-hydrogen) atoms. The number of halogens is 1. The predicted octanol–water partition coefficient (Wildman–Crippen LogP) is 4.21. The zero-order chi connectivity index (χ0) is 14.7. The molecule has 2 N–H and O–H groups in total. The maximum absolute atomic E-state index is 6.29. The summed E-state index contributed by atoms with van der Waals surface area (Å²) in [6.07, 6.45) is 0.727. The molecular weight excluding hydrogens is 270 g/mol. The molecule has 1 atom stereocenters. The highest BCUT2D eigenvalue weighted by atomic mass is 35.5. The van der Waals surface area contributed by atoms with E-state index < -0.39 is 0 Å². The first-order valence-corrected chi connectivity index (χ1v) is 7.04. The van der Waals surface area contributed by atoms with Gasteiger partial charge in [-0.3, -0.25) is 0 Å². The van der Waals surface area contributed by atoms with Gasteiger partial charge in [-0.2, -0.15) is 0 Å². The van der Waals surface area contributed by atoms with Crippen LogP contribution < -0.4 is 10.5 Å². The van der Waals surface area contributed by atoms with Crippen LogP contribution in [0.2, 0.25) is 5.02 Å². The van der Waals surface area contributed by atoms with E-state index in [-0.39, 0.29) is 6.04 Å². The summed E-state index contributed by atoms with van der Waals surface area (Å²) in [4.78, 5) is 0. The quantitative estimate of drug-likeness (QED) is 0.915. The van der Waals surface area contributed by atoms with Crippen LogP contribution in [0.15, 0.2) is 36.4 Å². The molecular formula is C17H20ClNO. The molecule has 0 heterocycles. The molecule has 106 valence electrons. The van der Waals surface area contributed by atoms with Crippen LogP contribution in [0, 0.1) is 13.8 Å². The van der Waals surface area contributed by atoms with E-state index in [0.29, 0.717) is 0 Å². The van der Waals surface area contributed by atoms with Crippen molar-refractivity contribution in [2.45, 2.75) is 26.3 Å². The van der Waals surface area contributed by atoms with E-state index >= 15 is 0 Å². The van der Waals surface area contributed by atoms with Gasteiger partial charge in [0.1, 0.15) is 5.75 Å². The molecule has 0 aliphatic heterocycles. The lowest BCUT2D eigenvalue weighted by Gasteiger charge is -2.15. The van der Waals surface area contributed by atoms with Gasteiger partial charge < -0.3 is 10.5 Å². The van der Waals surface area contributed by atoms with Gasteiger partial charge in [-0.15, -0.1) is 0 Å². The number of hydrogen-bond donors (Lipinski definition) is 1. The standard InChI is InChI=1S/C17H20ClNO/c1-11-4-5-13(15(18)8-11)10-16(19)14-6-7-17(20-3)12(2)9-14/h4-9,16H,10,19H2,1-3H3. The average molecular weight is 290 g/mol. The maximum atomic E-state index is 6.29. The molecule has 2 aromatic carbocycles. The zero-order valence-electron chi connectivity index (χ0n) is 12.1. The van der Waals surface area contributed by atoms with Gasteiger partial charge in [0.25, 0.3) is 0 Å². The highest BCUT2D eigenvalue weighted by Gasteiger charge is 2.11. The summed E-state index contributed by atoms with van der Waals surface area (Å²) in [7, 11) is 1.67. The van der Waals surface area contributed by atoms with Crippen molar-refractivity contribution < 1.29 is 4.74 Å². The van der Waals surface area contributed by atoms with Gasteiger partial charge in [0.05, 0.1) is 7.11 Å². The van der Waals surface area contributed by atoms with Crippen LogP contribution >= 0.6 is 11.6 Å². The molecule has 0 fully saturated rings. The van der Waals surface area contributed by atoms with E-state index in [4.69, 9.17) is 22.1 Å². The number of aryl methyl sites for hydroxylation is 2. The van der Waals surface area contributed by atoms with Gasteiger partial charge in [-0.05, 0) is 54.7 Å². The van der Waals surface area contributed by atoms with Crippen LogP contribution in [0.1, 0.15) is 28.3 Å². The third-order valence-electron chi connectivity index (χ3n) is 3.50. The van der Waals surface area contributed by atoms with Gasteiger partial charge in [0.15, 0.2) is 0 Å². The lowest BCUT2D eigenvalue weighted by molar-refractivity contribution is 0.411.